The summed E-state index contributed by atoms with van der Waals surface area (Å²) in [5.41, 5.74) is 7.38. The molecule has 17 heavy (non-hydrogen) atoms. The fraction of sp³-hybridized carbons (Fsp3) is 0.800. The van der Waals surface area contributed by atoms with Gasteiger partial charge < -0.3 is 10.5 Å². The topological polar surface area (TPSA) is 111 Å². The van der Waals surface area contributed by atoms with Crippen LogP contribution in [0.4, 0.5) is 0 Å². The minimum absolute atomic E-state index is 0.0876. The van der Waals surface area contributed by atoms with Crippen LogP contribution in [0.2, 0.25) is 0 Å². The van der Waals surface area contributed by atoms with Crippen LogP contribution < -0.4 is 17.0 Å². The summed E-state index contributed by atoms with van der Waals surface area (Å²) in [6.07, 6.45) is 1.35. The zero-order chi connectivity index (χ0) is 12.8. The molecule has 0 aromatic heterocycles. The fourth-order valence-corrected chi connectivity index (χ4v) is 2.10. The van der Waals surface area contributed by atoms with E-state index in [1.54, 1.807) is 0 Å². The molecule has 1 atom stereocenters. The normalized spacial score (nSPS) is 19.9. The van der Waals surface area contributed by atoms with Crippen molar-refractivity contribution in [1.29, 1.82) is 0 Å². The molecule has 0 bridgehead atoms. The second-order valence-electron chi connectivity index (χ2n) is 4.19. The van der Waals surface area contributed by atoms with Gasteiger partial charge in [0.2, 0.25) is 5.91 Å². The highest BCUT2D eigenvalue weighted by Gasteiger charge is 2.30. The molecule has 1 aliphatic rings. The van der Waals surface area contributed by atoms with E-state index >= 15 is 0 Å². The highest BCUT2D eigenvalue weighted by atomic mass is 16.5. The van der Waals surface area contributed by atoms with Crippen LogP contribution in [0.15, 0.2) is 0 Å². The first-order valence-electron chi connectivity index (χ1n) is 5.63. The highest BCUT2D eigenvalue weighted by molar-refractivity contribution is 5.81. The Bertz CT molecular complexity index is 277. The number of rotatable bonds is 5. The van der Waals surface area contributed by atoms with Crippen LogP contribution in [0, 0.1) is 5.92 Å². The van der Waals surface area contributed by atoms with Crippen molar-refractivity contribution in [2.45, 2.75) is 18.9 Å². The lowest BCUT2D eigenvalue weighted by Gasteiger charge is -2.35. The van der Waals surface area contributed by atoms with Gasteiger partial charge in [-0.2, -0.15) is 0 Å². The van der Waals surface area contributed by atoms with Gasteiger partial charge in [0, 0.05) is 13.0 Å². The number of nitrogens with two attached hydrogens (primary N) is 2. The van der Waals surface area contributed by atoms with Gasteiger partial charge in [0.15, 0.2) is 0 Å². The van der Waals surface area contributed by atoms with Gasteiger partial charge >= 0.3 is 0 Å². The fourth-order valence-electron chi connectivity index (χ4n) is 2.10. The quantitative estimate of drug-likeness (QED) is 0.300. The molecule has 1 fully saturated rings. The van der Waals surface area contributed by atoms with Crippen LogP contribution >= 0.6 is 0 Å². The number of nitrogens with one attached hydrogen (secondary N) is 1. The molecule has 0 aliphatic carbocycles. The first-order valence-corrected chi connectivity index (χ1v) is 5.63. The summed E-state index contributed by atoms with van der Waals surface area (Å²) in [5.74, 6) is 4.50. The maximum Gasteiger partial charge on any atom is 0.253 e. The number of hydrogen-bond acceptors (Lipinski definition) is 5. The van der Waals surface area contributed by atoms with Crippen LogP contribution in [0.25, 0.3) is 0 Å². The number of hydrogen-bond donors (Lipinski definition) is 3. The average Bonchev–Trinajstić information content (AvgIpc) is 2.35. The van der Waals surface area contributed by atoms with Gasteiger partial charge in [-0.25, -0.2) is 5.84 Å². The Morgan fingerprint density at radius 1 is 1.47 bits per heavy atom. The predicted octanol–water partition coefficient (Wildman–Crippen LogP) is -1.81. The Labute approximate surface area is 100 Å². The molecule has 1 saturated heterocycles. The standard InChI is InChI=1S/C10H20N4O3/c1-17-6-8(10(16)13-12)14-4-2-7(3-5-14)9(11)15/h7-8H,2-6,12H2,1H3,(H2,11,15)(H,13,16). The van der Waals surface area contributed by atoms with Gasteiger partial charge in [0.25, 0.3) is 5.91 Å². The summed E-state index contributed by atoms with van der Waals surface area (Å²) in [6.45, 7) is 1.58. The molecule has 5 N–H and O–H groups in total. The molecular weight excluding hydrogens is 224 g/mol. The van der Waals surface area contributed by atoms with Crippen molar-refractivity contribution in [3.05, 3.63) is 0 Å². The molecular formula is C10H20N4O3. The highest BCUT2D eigenvalue weighted by Crippen LogP contribution is 2.18. The zero-order valence-electron chi connectivity index (χ0n) is 10.0. The smallest absolute Gasteiger partial charge is 0.253 e. The molecule has 7 nitrogen and oxygen atoms in total. The summed E-state index contributed by atoms with van der Waals surface area (Å²) in [4.78, 5) is 24.6. The Morgan fingerprint density at radius 3 is 2.47 bits per heavy atom. The van der Waals surface area contributed by atoms with Gasteiger partial charge in [-0.15, -0.1) is 0 Å². The molecule has 0 radical (unpaired) electrons. The number of ether oxygens (including phenoxy) is 1. The lowest BCUT2D eigenvalue weighted by atomic mass is 9.95. The van der Waals surface area contributed by atoms with Crippen molar-refractivity contribution < 1.29 is 14.3 Å². The van der Waals surface area contributed by atoms with E-state index in [0.29, 0.717) is 25.9 Å². The second-order valence-corrected chi connectivity index (χ2v) is 4.19. The number of methoxy groups -OCH3 is 1. The molecule has 2 amide bonds. The van der Waals surface area contributed by atoms with E-state index in [-0.39, 0.29) is 24.3 Å². The van der Waals surface area contributed by atoms with Gasteiger partial charge in [0.1, 0.15) is 6.04 Å². The van der Waals surface area contributed by atoms with Crippen LogP contribution in [-0.2, 0) is 14.3 Å². The van der Waals surface area contributed by atoms with Crippen molar-refractivity contribution >= 4 is 11.8 Å². The Balaban J connectivity index is 2.54. The van der Waals surface area contributed by atoms with E-state index in [1.165, 1.54) is 7.11 Å². The maximum atomic E-state index is 11.6. The first-order chi connectivity index (χ1) is 8.10. The largest absolute Gasteiger partial charge is 0.383 e. The lowest BCUT2D eigenvalue weighted by molar-refractivity contribution is -0.130. The predicted molar refractivity (Wildman–Crippen MR) is 61.5 cm³/mol. The van der Waals surface area contributed by atoms with Crippen LogP contribution in [0.1, 0.15) is 12.8 Å². The zero-order valence-corrected chi connectivity index (χ0v) is 10.0. The van der Waals surface area contributed by atoms with E-state index in [4.69, 9.17) is 16.3 Å². The molecule has 7 heteroatoms. The third kappa shape index (κ3) is 3.65. The van der Waals surface area contributed by atoms with E-state index in [1.807, 2.05) is 4.90 Å². The van der Waals surface area contributed by atoms with Gasteiger partial charge in [-0.3, -0.25) is 19.9 Å². The molecule has 0 saturated carbocycles. The summed E-state index contributed by atoms with van der Waals surface area (Å²) in [7, 11) is 1.53. The van der Waals surface area contributed by atoms with Gasteiger partial charge in [-0.1, -0.05) is 0 Å². The Hall–Kier alpha value is -1.18. The van der Waals surface area contributed by atoms with E-state index < -0.39 is 6.04 Å². The third-order valence-corrected chi connectivity index (χ3v) is 3.14. The molecule has 1 unspecified atom stereocenters. The van der Waals surface area contributed by atoms with Crippen molar-refractivity contribution in [1.82, 2.24) is 10.3 Å². The number of hydrazine groups is 1. The van der Waals surface area contributed by atoms with Crippen molar-refractivity contribution in [2.75, 3.05) is 26.8 Å². The minimum atomic E-state index is -0.404. The monoisotopic (exact) mass is 244 g/mol. The number of piperidine rings is 1. The molecule has 0 spiro atoms. The van der Waals surface area contributed by atoms with Gasteiger partial charge in [-0.05, 0) is 25.9 Å². The molecule has 0 aromatic rings. The first kappa shape index (κ1) is 13.9. The number of primary amides is 1. The lowest BCUT2D eigenvalue weighted by Crippen LogP contribution is -2.54. The summed E-state index contributed by atoms with van der Waals surface area (Å²) in [6, 6.07) is -0.404. The van der Waals surface area contributed by atoms with Crippen LogP contribution in [0.5, 0.6) is 0 Å². The number of likely N-dealkylation sites (tertiary alicyclic amines) is 1. The second kappa shape index (κ2) is 6.53. The van der Waals surface area contributed by atoms with Crippen molar-refractivity contribution in [2.24, 2.45) is 17.5 Å². The Morgan fingerprint density at radius 2 is 2.06 bits per heavy atom. The maximum absolute atomic E-state index is 11.6. The van der Waals surface area contributed by atoms with E-state index in [2.05, 4.69) is 5.43 Å². The third-order valence-electron chi connectivity index (χ3n) is 3.14. The number of amides is 2. The number of carbonyl (C=O) groups is 2. The molecule has 1 aliphatic heterocycles. The molecule has 1 rings (SSSR count). The number of carbonyl (C=O) groups excluding carboxylic acids is 2. The van der Waals surface area contributed by atoms with Crippen LogP contribution in [-0.4, -0.2) is 49.6 Å². The number of nitrogens with zero attached hydrogens (tertiary/aromatic N) is 1. The minimum Gasteiger partial charge on any atom is -0.383 e. The molecule has 98 valence electrons. The van der Waals surface area contributed by atoms with Crippen molar-refractivity contribution in [3.8, 4) is 0 Å². The summed E-state index contributed by atoms with van der Waals surface area (Å²) < 4.78 is 5.00. The van der Waals surface area contributed by atoms with Gasteiger partial charge in [0.05, 0.1) is 6.61 Å². The molecule has 0 aromatic carbocycles. The van der Waals surface area contributed by atoms with Crippen LogP contribution in [0.3, 0.4) is 0 Å². The molecule has 1 heterocycles. The van der Waals surface area contributed by atoms with E-state index in [0.717, 1.165) is 0 Å². The van der Waals surface area contributed by atoms with E-state index in [9.17, 15) is 9.59 Å². The summed E-state index contributed by atoms with van der Waals surface area (Å²) in [5, 5.41) is 0. The summed E-state index contributed by atoms with van der Waals surface area (Å²) >= 11 is 0. The SMILES string of the molecule is COCC(C(=O)NN)N1CCC(C(N)=O)CC1. The van der Waals surface area contributed by atoms with Crippen molar-refractivity contribution in [3.63, 3.8) is 0 Å². The average molecular weight is 244 g/mol. The Kier molecular flexibility index (Phi) is 5.33.